The van der Waals surface area contributed by atoms with Gasteiger partial charge in [-0.3, -0.25) is 4.79 Å². The number of methoxy groups -OCH3 is 1. The molecule has 32 heavy (non-hydrogen) atoms. The Balaban J connectivity index is 3.10. The average Bonchev–Trinajstić information content (AvgIpc) is 2.73. The first-order valence-corrected chi connectivity index (χ1v) is 11.2. The maximum Gasteiger partial charge on any atom is 0.308 e. The molecule has 0 unspecified atom stereocenters. The van der Waals surface area contributed by atoms with Gasteiger partial charge in [-0.2, -0.15) is 0 Å². The molecule has 10 heteroatoms. The standard InChI is InChI=1S/C22H44O10/c1-22(2,3)32-21(23)5-6-25-9-10-27-13-14-29-17-18-31-20-19-30-16-15-28-12-11-26-8-7-24-4/h5-20H2,1-4H3. The summed E-state index contributed by atoms with van der Waals surface area (Å²) in [5.74, 6) is -0.259. The summed E-state index contributed by atoms with van der Waals surface area (Å²) >= 11 is 0. The van der Waals surface area contributed by atoms with Crippen LogP contribution in [0.5, 0.6) is 0 Å². The van der Waals surface area contributed by atoms with Crippen LogP contribution in [0.15, 0.2) is 0 Å². The molecule has 0 aromatic rings. The molecule has 0 saturated heterocycles. The van der Waals surface area contributed by atoms with Crippen LogP contribution < -0.4 is 0 Å². The Bertz CT molecular complexity index is 401. The molecule has 0 spiro atoms. The molecule has 0 aliphatic carbocycles. The third kappa shape index (κ3) is 27.2. The summed E-state index contributed by atoms with van der Waals surface area (Å²) in [6.07, 6.45) is 0.240. The Morgan fingerprint density at radius 1 is 0.500 bits per heavy atom. The summed E-state index contributed by atoms with van der Waals surface area (Å²) in [4.78, 5) is 11.5. The first-order valence-electron chi connectivity index (χ1n) is 11.2. The van der Waals surface area contributed by atoms with Crippen molar-refractivity contribution in [1.29, 1.82) is 0 Å². The van der Waals surface area contributed by atoms with E-state index in [9.17, 15) is 4.79 Å². The van der Waals surface area contributed by atoms with Crippen LogP contribution in [0.4, 0.5) is 0 Å². The Hall–Kier alpha value is -0.850. The van der Waals surface area contributed by atoms with Gasteiger partial charge in [0.25, 0.3) is 0 Å². The van der Waals surface area contributed by atoms with Crippen molar-refractivity contribution in [2.75, 3.05) is 106 Å². The van der Waals surface area contributed by atoms with E-state index >= 15 is 0 Å². The van der Waals surface area contributed by atoms with Crippen LogP contribution in [0.1, 0.15) is 27.2 Å². The SMILES string of the molecule is COCCOCCOCCOCCOCCOCCOCCOCCC(=O)OC(C)(C)C. The fourth-order valence-electron chi connectivity index (χ4n) is 2.11. The lowest BCUT2D eigenvalue weighted by Crippen LogP contribution is -2.24. The highest BCUT2D eigenvalue weighted by atomic mass is 16.6. The number of ether oxygens (including phenoxy) is 9. The van der Waals surface area contributed by atoms with E-state index in [1.165, 1.54) is 0 Å². The molecule has 0 aromatic carbocycles. The Morgan fingerprint density at radius 2 is 0.781 bits per heavy atom. The topological polar surface area (TPSA) is 100 Å². The highest BCUT2D eigenvalue weighted by Gasteiger charge is 2.15. The number of carbonyl (C=O) groups is 1. The molecule has 0 saturated carbocycles. The first kappa shape index (κ1) is 31.1. The minimum Gasteiger partial charge on any atom is -0.460 e. The molecule has 0 bridgehead atoms. The molecule has 10 nitrogen and oxygen atoms in total. The predicted octanol–water partition coefficient (Wildman–Crippen LogP) is 1.48. The molecule has 0 radical (unpaired) electrons. The van der Waals surface area contributed by atoms with E-state index in [0.29, 0.717) is 99.1 Å². The summed E-state index contributed by atoms with van der Waals surface area (Å²) in [6, 6.07) is 0. The lowest BCUT2D eigenvalue weighted by molar-refractivity contribution is -0.156. The fourth-order valence-corrected chi connectivity index (χ4v) is 2.11. The fraction of sp³-hybridized carbons (Fsp3) is 0.955. The van der Waals surface area contributed by atoms with E-state index in [1.807, 2.05) is 20.8 Å². The van der Waals surface area contributed by atoms with E-state index < -0.39 is 5.60 Å². The van der Waals surface area contributed by atoms with Crippen LogP contribution in [0.2, 0.25) is 0 Å². The quantitative estimate of drug-likeness (QED) is 0.153. The largest absolute Gasteiger partial charge is 0.460 e. The molecule has 0 aromatic heterocycles. The van der Waals surface area contributed by atoms with Gasteiger partial charge in [0.05, 0.1) is 106 Å². The van der Waals surface area contributed by atoms with E-state index in [4.69, 9.17) is 42.6 Å². The molecule has 0 aliphatic rings. The van der Waals surface area contributed by atoms with Crippen LogP contribution >= 0.6 is 0 Å². The predicted molar refractivity (Wildman–Crippen MR) is 118 cm³/mol. The van der Waals surface area contributed by atoms with Crippen molar-refractivity contribution < 1.29 is 47.4 Å². The summed E-state index contributed by atoms with van der Waals surface area (Å²) in [7, 11) is 1.64. The van der Waals surface area contributed by atoms with Gasteiger partial charge in [0, 0.05) is 7.11 Å². The second-order valence-corrected chi connectivity index (χ2v) is 7.62. The van der Waals surface area contributed by atoms with Crippen molar-refractivity contribution in [3.63, 3.8) is 0 Å². The second kappa shape index (κ2) is 23.3. The monoisotopic (exact) mass is 468 g/mol. The molecule has 0 atom stereocenters. The van der Waals surface area contributed by atoms with Crippen molar-refractivity contribution in [2.24, 2.45) is 0 Å². The third-order valence-electron chi connectivity index (χ3n) is 3.53. The van der Waals surface area contributed by atoms with Crippen LogP contribution in [0.25, 0.3) is 0 Å². The molecule has 192 valence electrons. The van der Waals surface area contributed by atoms with E-state index in [-0.39, 0.29) is 12.4 Å². The van der Waals surface area contributed by atoms with Gasteiger partial charge in [0.2, 0.25) is 0 Å². The maximum absolute atomic E-state index is 11.5. The van der Waals surface area contributed by atoms with Crippen molar-refractivity contribution in [2.45, 2.75) is 32.8 Å². The van der Waals surface area contributed by atoms with E-state index in [2.05, 4.69) is 0 Å². The normalized spacial score (nSPS) is 11.8. The Morgan fingerprint density at radius 3 is 1.06 bits per heavy atom. The number of carbonyl (C=O) groups excluding carboxylic acids is 1. The van der Waals surface area contributed by atoms with E-state index in [0.717, 1.165) is 0 Å². The summed E-state index contributed by atoms with van der Waals surface area (Å²) in [5, 5.41) is 0. The third-order valence-corrected chi connectivity index (χ3v) is 3.53. The lowest BCUT2D eigenvalue weighted by Gasteiger charge is -2.19. The van der Waals surface area contributed by atoms with Gasteiger partial charge < -0.3 is 42.6 Å². The Labute approximate surface area is 193 Å². The zero-order valence-corrected chi connectivity index (χ0v) is 20.4. The average molecular weight is 469 g/mol. The number of esters is 1. The summed E-state index contributed by atoms with van der Waals surface area (Å²) < 4.78 is 47.7. The van der Waals surface area contributed by atoms with Crippen molar-refractivity contribution in [1.82, 2.24) is 0 Å². The molecule has 0 rings (SSSR count). The van der Waals surface area contributed by atoms with Crippen LogP contribution in [0.3, 0.4) is 0 Å². The number of rotatable bonds is 24. The number of hydrogen-bond donors (Lipinski definition) is 0. The minimum atomic E-state index is -0.463. The first-order chi connectivity index (χ1) is 15.5. The minimum absolute atomic E-state index is 0.240. The molecule has 0 amide bonds. The molecule has 0 heterocycles. The molecular weight excluding hydrogens is 424 g/mol. The van der Waals surface area contributed by atoms with Crippen molar-refractivity contribution in [3.05, 3.63) is 0 Å². The van der Waals surface area contributed by atoms with Gasteiger partial charge >= 0.3 is 5.97 Å². The Kier molecular flexibility index (Phi) is 22.7. The molecule has 0 aliphatic heterocycles. The van der Waals surface area contributed by atoms with Crippen LogP contribution in [-0.2, 0) is 47.4 Å². The second-order valence-electron chi connectivity index (χ2n) is 7.62. The zero-order valence-electron chi connectivity index (χ0n) is 20.4. The van der Waals surface area contributed by atoms with Crippen LogP contribution in [0, 0.1) is 0 Å². The highest BCUT2D eigenvalue weighted by Crippen LogP contribution is 2.07. The lowest BCUT2D eigenvalue weighted by atomic mass is 10.2. The molecule has 0 fully saturated rings. The summed E-state index contributed by atoms with van der Waals surface area (Å²) in [6.45, 7) is 13.1. The van der Waals surface area contributed by atoms with E-state index in [1.54, 1.807) is 7.11 Å². The highest BCUT2D eigenvalue weighted by molar-refractivity contribution is 5.69. The number of hydrogen-bond acceptors (Lipinski definition) is 10. The van der Waals surface area contributed by atoms with Gasteiger partial charge in [-0.05, 0) is 20.8 Å². The maximum atomic E-state index is 11.5. The van der Waals surface area contributed by atoms with Gasteiger partial charge in [0.15, 0.2) is 0 Å². The van der Waals surface area contributed by atoms with Crippen LogP contribution in [-0.4, -0.2) is 118 Å². The molecule has 0 N–H and O–H groups in total. The van der Waals surface area contributed by atoms with Crippen molar-refractivity contribution in [3.8, 4) is 0 Å². The van der Waals surface area contributed by atoms with Gasteiger partial charge in [-0.25, -0.2) is 0 Å². The van der Waals surface area contributed by atoms with Gasteiger partial charge in [-0.15, -0.1) is 0 Å². The smallest absolute Gasteiger partial charge is 0.308 e. The van der Waals surface area contributed by atoms with Crippen molar-refractivity contribution >= 4 is 5.97 Å². The van der Waals surface area contributed by atoms with Gasteiger partial charge in [0.1, 0.15) is 5.60 Å². The van der Waals surface area contributed by atoms with Gasteiger partial charge in [-0.1, -0.05) is 0 Å². The summed E-state index contributed by atoms with van der Waals surface area (Å²) in [5.41, 5.74) is -0.463. The zero-order chi connectivity index (χ0) is 23.8. The molecular formula is C22H44O10.